The lowest BCUT2D eigenvalue weighted by Crippen LogP contribution is -2.42. The lowest BCUT2D eigenvalue weighted by Gasteiger charge is -2.33. The molecule has 0 bridgehead atoms. The van der Waals surface area contributed by atoms with E-state index in [1.165, 1.54) is 31.1 Å². The van der Waals surface area contributed by atoms with Crippen molar-refractivity contribution in [1.29, 1.82) is 0 Å². The van der Waals surface area contributed by atoms with Gasteiger partial charge in [0.15, 0.2) is 12.1 Å². The van der Waals surface area contributed by atoms with E-state index < -0.39 is 5.97 Å². The highest BCUT2D eigenvalue weighted by Gasteiger charge is 2.33. The van der Waals surface area contributed by atoms with Crippen LogP contribution in [0.15, 0.2) is 47.4 Å². The zero-order valence-electron chi connectivity index (χ0n) is 20.9. The van der Waals surface area contributed by atoms with E-state index in [2.05, 4.69) is 17.2 Å². The van der Waals surface area contributed by atoms with Gasteiger partial charge in [-0.05, 0) is 69.2 Å². The lowest BCUT2D eigenvalue weighted by molar-refractivity contribution is -0.123. The Balaban J connectivity index is 1.61. The van der Waals surface area contributed by atoms with Gasteiger partial charge in [0.05, 0.1) is 12.8 Å². The standard InChI is InChI=1S/C27H31N3O5S/c1-16(2)30(26(32)19-7-5-17(3)6-8-19)22-13-23(36-24(22)27(33)34-4)18-9-11-20(12-10-18)29-25(31)21-14-35-15-28-21/h9-17,19H,5-8H2,1-4H3,(H,29,31). The van der Waals surface area contributed by atoms with Crippen molar-refractivity contribution in [2.45, 2.75) is 52.5 Å². The van der Waals surface area contributed by atoms with Crippen LogP contribution in [0.3, 0.4) is 0 Å². The Kier molecular flexibility index (Phi) is 7.88. The molecule has 2 heterocycles. The Bertz CT molecular complexity index is 1210. The first-order valence-corrected chi connectivity index (χ1v) is 12.9. The van der Waals surface area contributed by atoms with E-state index in [1.54, 1.807) is 17.0 Å². The number of amides is 2. The van der Waals surface area contributed by atoms with Gasteiger partial charge in [-0.1, -0.05) is 19.1 Å². The van der Waals surface area contributed by atoms with Crippen LogP contribution in [0, 0.1) is 11.8 Å². The minimum Gasteiger partial charge on any atom is -0.465 e. The van der Waals surface area contributed by atoms with E-state index in [9.17, 15) is 14.4 Å². The summed E-state index contributed by atoms with van der Waals surface area (Å²) in [7, 11) is 1.35. The number of carbonyl (C=O) groups excluding carboxylic acids is 3. The summed E-state index contributed by atoms with van der Waals surface area (Å²) in [6.07, 6.45) is 6.30. The number of ether oxygens (including phenoxy) is 1. The van der Waals surface area contributed by atoms with Gasteiger partial charge in [0.1, 0.15) is 11.1 Å². The van der Waals surface area contributed by atoms with E-state index in [-0.39, 0.29) is 29.5 Å². The molecule has 0 radical (unpaired) electrons. The van der Waals surface area contributed by atoms with Gasteiger partial charge in [0.2, 0.25) is 5.91 Å². The van der Waals surface area contributed by atoms with Crippen LogP contribution < -0.4 is 10.2 Å². The average Bonchev–Trinajstić information content (AvgIpc) is 3.55. The van der Waals surface area contributed by atoms with E-state index in [0.29, 0.717) is 22.2 Å². The summed E-state index contributed by atoms with van der Waals surface area (Å²) in [6, 6.07) is 9.05. The first-order valence-electron chi connectivity index (χ1n) is 12.1. The highest BCUT2D eigenvalue weighted by atomic mass is 32.1. The number of aromatic nitrogens is 1. The van der Waals surface area contributed by atoms with Gasteiger partial charge in [0, 0.05) is 22.5 Å². The van der Waals surface area contributed by atoms with Crippen LogP contribution >= 0.6 is 11.3 Å². The van der Waals surface area contributed by atoms with E-state index in [1.807, 2.05) is 32.0 Å². The largest absolute Gasteiger partial charge is 0.465 e. The maximum atomic E-state index is 13.6. The third-order valence-corrected chi connectivity index (χ3v) is 7.71. The second-order valence-corrected chi connectivity index (χ2v) is 10.5. The van der Waals surface area contributed by atoms with Gasteiger partial charge >= 0.3 is 5.97 Å². The molecule has 0 atom stereocenters. The van der Waals surface area contributed by atoms with Crippen molar-refractivity contribution in [2.24, 2.45) is 11.8 Å². The minimum absolute atomic E-state index is 0.0370. The van der Waals surface area contributed by atoms with Crippen LogP contribution in [0.25, 0.3) is 10.4 Å². The molecule has 1 N–H and O–H groups in total. The Morgan fingerprint density at radius 1 is 1.14 bits per heavy atom. The average molecular weight is 510 g/mol. The molecule has 8 nitrogen and oxygen atoms in total. The van der Waals surface area contributed by atoms with Crippen LogP contribution in [0.4, 0.5) is 11.4 Å². The second kappa shape index (κ2) is 11.1. The van der Waals surface area contributed by atoms with Crippen LogP contribution in [0.5, 0.6) is 0 Å². The number of nitrogens with zero attached hydrogens (tertiary/aromatic N) is 2. The number of anilines is 2. The van der Waals surface area contributed by atoms with Gasteiger partial charge in [0.25, 0.3) is 5.91 Å². The van der Waals surface area contributed by atoms with Crippen LogP contribution in [0.1, 0.15) is 66.6 Å². The fourth-order valence-corrected chi connectivity index (χ4v) is 5.61. The van der Waals surface area contributed by atoms with E-state index in [0.717, 1.165) is 36.1 Å². The van der Waals surface area contributed by atoms with Crippen LogP contribution in [0.2, 0.25) is 0 Å². The number of hydrogen-bond donors (Lipinski definition) is 1. The molecule has 3 aromatic rings. The molecule has 2 aromatic heterocycles. The summed E-state index contributed by atoms with van der Waals surface area (Å²) in [5.74, 6) is -0.162. The predicted molar refractivity (Wildman–Crippen MR) is 139 cm³/mol. The molecule has 0 spiro atoms. The molecule has 1 aliphatic carbocycles. The summed E-state index contributed by atoms with van der Waals surface area (Å²) in [5.41, 5.74) is 2.24. The molecular formula is C27H31N3O5S. The molecule has 1 aromatic carbocycles. The zero-order chi connectivity index (χ0) is 25.8. The number of oxazole rings is 1. The third kappa shape index (κ3) is 5.51. The highest BCUT2D eigenvalue weighted by Crippen LogP contribution is 2.40. The number of esters is 1. The van der Waals surface area contributed by atoms with Crippen LogP contribution in [-0.4, -0.2) is 35.9 Å². The van der Waals surface area contributed by atoms with Crippen molar-refractivity contribution < 1.29 is 23.5 Å². The second-order valence-electron chi connectivity index (χ2n) is 9.48. The van der Waals surface area contributed by atoms with Crippen molar-refractivity contribution in [3.05, 3.63) is 53.6 Å². The molecule has 1 aliphatic rings. The number of thiophene rings is 1. The molecule has 0 aliphatic heterocycles. The fraction of sp³-hybridized carbons (Fsp3) is 0.407. The molecule has 1 fully saturated rings. The Morgan fingerprint density at radius 2 is 1.83 bits per heavy atom. The van der Waals surface area contributed by atoms with Crippen molar-refractivity contribution >= 4 is 40.5 Å². The molecule has 4 rings (SSSR count). The monoisotopic (exact) mass is 509 g/mol. The third-order valence-electron chi connectivity index (χ3n) is 6.55. The Hall–Kier alpha value is -3.46. The first kappa shape index (κ1) is 25.6. The smallest absolute Gasteiger partial charge is 0.350 e. The molecule has 0 saturated heterocycles. The minimum atomic E-state index is -0.464. The molecule has 1 saturated carbocycles. The van der Waals surface area contributed by atoms with Gasteiger partial charge in [-0.3, -0.25) is 9.59 Å². The maximum Gasteiger partial charge on any atom is 0.350 e. The number of hydrogen-bond acceptors (Lipinski definition) is 7. The summed E-state index contributed by atoms with van der Waals surface area (Å²) in [6.45, 7) is 6.16. The molecule has 0 unspecified atom stereocenters. The van der Waals surface area contributed by atoms with Gasteiger partial charge < -0.3 is 19.4 Å². The fourth-order valence-electron chi connectivity index (χ4n) is 4.53. The first-order chi connectivity index (χ1) is 17.3. The number of rotatable bonds is 7. The van der Waals surface area contributed by atoms with E-state index in [4.69, 9.17) is 9.15 Å². The lowest BCUT2D eigenvalue weighted by atomic mass is 9.82. The molecule has 2 amide bonds. The number of methoxy groups -OCH3 is 1. The molecular weight excluding hydrogens is 478 g/mol. The van der Waals surface area contributed by atoms with Crippen molar-refractivity contribution in [1.82, 2.24) is 4.98 Å². The number of nitrogens with one attached hydrogen (secondary N) is 1. The molecule has 36 heavy (non-hydrogen) atoms. The van der Waals surface area contributed by atoms with Gasteiger partial charge in [-0.25, -0.2) is 9.78 Å². The van der Waals surface area contributed by atoms with Crippen molar-refractivity contribution in [3.8, 4) is 10.4 Å². The number of carbonyl (C=O) groups is 3. The van der Waals surface area contributed by atoms with Crippen molar-refractivity contribution in [2.75, 3.05) is 17.3 Å². The topological polar surface area (TPSA) is 102 Å². The molecule has 9 heteroatoms. The highest BCUT2D eigenvalue weighted by molar-refractivity contribution is 7.18. The SMILES string of the molecule is COC(=O)c1sc(-c2ccc(NC(=O)c3cocn3)cc2)cc1N(C(=O)C1CCC(C)CC1)C(C)C. The Labute approximate surface area is 214 Å². The zero-order valence-corrected chi connectivity index (χ0v) is 21.8. The maximum absolute atomic E-state index is 13.6. The van der Waals surface area contributed by atoms with Crippen molar-refractivity contribution in [3.63, 3.8) is 0 Å². The van der Waals surface area contributed by atoms with E-state index >= 15 is 0 Å². The summed E-state index contributed by atoms with van der Waals surface area (Å²) < 4.78 is 9.92. The molecule has 190 valence electrons. The Morgan fingerprint density at radius 3 is 2.42 bits per heavy atom. The summed E-state index contributed by atoms with van der Waals surface area (Å²) in [4.78, 5) is 45.4. The predicted octanol–water partition coefficient (Wildman–Crippen LogP) is 6.01. The summed E-state index contributed by atoms with van der Waals surface area (Å²) >= 11 is 1.30. The normalized spacial score (nSPS) is 17.6. The van der Waals surface area contributed by atoms with Gasteiger partial charge in [-0.15, -0.1) is 11.3 Å². The van der Waals surface area contributed by atoms with Gasteiger partial charge in [-0.2, -0.15) is 0 Å². The number of benzene rings is 1. The van der Waals surface area contributed by atoms with Crippen LogP contribution in [-0.2, 0) is 9.53 Å². The summed E-state index contributed by atoms with van der Waals surface area (Å²) in [5, 5.41) is 2.77. The quantitative estimate of drug-likeness (QED) is 0.391.